The predicted molar refractivity (Wildman–Crippen MR) is 44.1 cm³/mol. The highest BCUT2D eigenvalue weighted by Gasteiger charge is 2.05. The molecule has 0 radical (unpaired) electrons. The number of carboxylic acids is 1. The second-order valence-corrected chi connectivity index (χ2v) is 2.43. The summed E-state index contributed by atoms with van der Waals surface area (Å²) in [5.41, 5.74) is 0.537. The van der Waals surface area contributed by atoms with Crippen LogP contribution in [0.4, 0.5) is 5.69 Å². The minimum atomic E-state index is -0.984. The van der Waals surface area contributed by atoms with Gasteiger partial charge in [0.2, 0.25) is 5.91 Å². The van der Waals surface area contributed by atoms with Crippen molar-refractivity contribution in [3.8, 4) is 0 Å². The van der Waals surface area contributed by atoms with Crippen LogP contribution in [0.15, 0.2) is 12.4 Å². The van der Waals surface area contributed by atoms with Gasteiger partial charge in [-0.15, -0.1) is 0 Å². The minimum Gasteiger partial charge on any atom is -0.481 e. The Bertz CT molecular complexity index is 294. The average Bonchev–Trinajstić information content (AvgIpc) is 2.53. The lowest BCUT2D eigenvalue weighted by atomic mass is 10.3. The van der Waals surface area contributed by atoms with Crippen LogP contribution in [0.25, 0.3) is 0 Å². The molecule has 0 saturated heterocycles. The van der Waals surface area contributed by atoms with Gasteiger partial charge >= 0.3 is 5.97 Å². The monoisotopic (exact) mass is 183 g/mol. The number of aromatic nitrogens is 2. The maximum absolute atomic E-state index is 11.0. The molecule has 1 rings (SSSR count). The quantitative estimate of drug-likeness (QED) is 0.621. The summed E-state index contributed by atoms with van der Waals surface area (Å²) in [6, 6.07) is 0. The molecular weight excluding hydrogens is 174 g/mol. The van der Waals surface area contributed by atoms with Crippen molar-refractivity contribution < 1.29 is 14.7 Å². The summed E-state index contributed by atoms with van der Waals surface area (Å²) in [5.74, 6) is -1.31. The number of hydrogen-bond donors (Lipinski definition) is 3. The number of hydrogen-bond acceptors (Lipinski definition) is 3. The third-order valence-corrected chi connectivity index (χ3v) is 1.35. The second-order valence-electron chi connectivity index (χ2n) is 2.43. The summed E-state index contributed by atoms with van der Waals surface area (Å²) in [7, 11) is 0. The highest BCUT2D eigenvalue weighted by Crippen LogP contribution is 2.02. The van der Waals surface area contributed by atoms with Gasteiger partial charge in [-0.3, -0.25) is 14.7 Å². The first kappa shape index (κ1) is 9.24. The van der Waals surface area contributed by atoms with Gasteiger partial charge in [0.1, 0.15) is 0 Å². The van der Waals surface area contributed by atoms with Crippen LogP contribution in [-0.4, -0.2) is 27.2 Å². The van der Waals surface area contributed by atoms with Gasteiger partial charge < -0.3 is 10.4 Å². The van der Waals surface area contributed by atoms with Crippen LogP contribution in [0.1, 0.15) is 12.8 Å². The number of carboxylic acid groups (broad SMARTS) is 1. The molecule has 0 aliphatic heterocycles. The molecule has 6 nitrogen and oxygen atoms in total. The second kappa shape index (κ2) is 4.24. The molecule has 0 saturated carbocycles. The lowest BCUT2D eigenvalue weighted by molar-refractivity contribution is -0.138. The normalized spacial score (nSPS) is 9.54. The molecule has 0 aromatic carbocycles. The summed E-state index contributed by atoms with van der Waals surface area (Å²) in [6.07, 6.45) is 2.77. The van der Waals surface area contributed by atoms with E-state index in [1.54, 1.807) is 0 Å². The Morgan fingerprint density at radius 3 is 2.85 bits per heavy atom. The highest BCUT2D eigenvalue weighted by atomic mass is 16.4. The number of aromatic amines is 1. The third kappa shape index (κ3) is 3.37. The van der Waals surface area contributed by atoms with Gasteiger partial charge in [-0.05, 0) is 0 Å². The SMILES string of the molecule is O=C(O)CCC(=O)Nc1cn[nH]c1. The van der Waals surface area contributed by atoms with E-state index in [2.05, 4.69) is 15.5 Å². The zero-order valence-corrected chi connectivity index (χ0v) is 6.78. The molecule has 0 unspecified atom stereocenters. The fourth-order valence-corrected chi connectivity index (χ4v) is 0.763. The Morgan fingerprint density at radius 1 is 1.54 bits per heavy atom. The number of aliphatic carboxylic acids is 1. The molecular formula is C7H9N3O3. The molecule has 3 N–H and O–H groups in total. The molecule has 1 aromatic heterocycles. The average molecular weight is 183 g/mol. The fourth-order valence-electron chi connectivity index (χ4n) is 0.763. The third-order valence-electron chi connectivity index (χ3n) is 1.35. The molecule has 13 heavy (non-hydrogen) atoms. The number of amides is 1. The number of rotatable bonds is 4. The van der Waals surface area contributed by atoms with Crippen molar-refractivity contribution in [2.24, 2.45) is 0 Å². The topological polar surface area (TPSA) is 95.1 Å². The van der Waals surface area contributed by atoms with Crippen LogP contribution in [0.2, 0.25) is 0 Å². The molecule has 1 heterocycles. The number of nitrogens with zero attached hydrogens (tertiary/aromatic N) is 1. The Morgan fingerprint density at radius 2 is 2.31 bits per heavy atom. The number of nitrogens with one attached hydrogen (secondary N) is 2. The smallest absolute Gasteiger partial charge is 0.303 e. The van der Waals surface area contributed by atoms with Crippen molar-refractivity contribution >= 4 is 17.6 Å². The summed E-state index contributed by atoms with van der Waals surface area (Å²) in [4.78, 5) is 21.1. The van der Waals surface area contributed by atoms with E-state index in [-0.39, 0.29) is 18.7 Å². The molecule has 1 amide bonds. The van der Waals surface area contributed by atoms with Crippen molar-refractivity contribution in [2.75, 3.05) is 5.32 Å². The minimum absolute atomic E-state index is 0.0273. The standard InChI is InChI=1S/C7H9N3O3/c11-6(1-2-7(12)13)10-5-3-8-9-4-5/h3-4H,1-2H2,(H,8,9)(H,10,11)(H,12,13). The number of carbonyl (C=O) groups excluding carboxylic acids is 1. The van der Waals surface area contributed by atoms with Gasteiger partial charge in [-0.1, -0.05) is 0 Å². The van der Waals surface area contributed by atoms with E-state index in [4.69, 9.17) is 5.11 Å². The molecule has 0 fully saturated rings. The van der Waals surface area contributed by atoms with Crippen LogP contribution in [0.3, 0.4) is 0 Å². The van der Waals surface area contributed by atoms with E-state index in [0.717, 1.165) is 0 Å². The molecule has 0 aliphatic carbocycles. The van der Waals surface area contributed by atoms with Gasteiger partial charge in [0.25, 0.3) is 0 Å². The van der Waals surface area contributed by atoms with Gasteiger partial charge in [0.05, 0.1) is 18.3 Å². The van der Waals surface area contributed by atoms with Gasteiger partial charge in [0.15, 0.2) is 0 Å². The first-order valence-corrected chi connectivity index (χ1v) is 3.69. The zero-order valence-electron chi connectivity index (χ0n) is 6.78. The maximum atomic E-state index is 11.0. The summed E-state index contributed by atoms with van der Waals surface area (Å²) >= 11 is 0. The van der Waals surface area contributed by atoms with E-state index < -0.39 is 5.97 Å². The molecule has 6 heteroatoms. The highest BCUT2D eigenvalue weighted by molar-refractivity contribution is 5.92. The summed E-state index contributed by atoms with van der Waals surface area (Å²) in [6.45, 7) is 0. The van der Waals surface area contributed by atoms with E-state index in [9.17, 15) is 9.59 Å². The van der Waals surface area contributed by atoms with Crippen molar-refractivity contribution in [2.45, 2.75) is 12.8 Å². The molecule has 0 aliphatic rings. The maximum Gasteiger partial charge on any atom is 0.303 e. The first-order chi connectivity index (χ1) is 6.18. The van der Waals surface area contributed by atoms with Gasteiger partial charge in [-0.2, -0.15) is 5.10 Å². The fraction of sp³-hybridized carbons (Fsp3) is 0.286. The predicted octanol–water partition coefficient (Wildman–Crippen LogP) is 0.213. The Hall–Kier alpha value is -1.85. The van der Waals surface area contributed by atoms with Crippen molar-refractivity contribution in [1.82, 2.24) is 10.2 Å². The van der Waals surface area contributed by atoms with Crippen LogP contribution in [0, 0.1) is 0 Å². The van der Waals surface area contributed by atoms with Crippen molar-refractivity contribution in [1.29, 1.82) is 0 Å². The lowest BCUT2D eigenvalue weighted by Crippen LogP contribution is -2.12. The van der Waals surface area contributed by atoms with Crippen LogP contribution >= 0.6 is 0 Å². The molecule has 0 atom stereocenters. The number of anilines is 1. The largest absolute Gasteiger partial charge is 0.481 e. The van der Waals surface area contributed by atoms with Gasteiger partial charge in [-0.25, -0.2) is 0 Å². The van der Waals surface area contributed by atoms with Crippen LogP contribution in [-0.2, 0) is 9.59 Å². The van der Waals surface area contributed by atoms with Gasteiger partial charge in [0, 0.05) is 12.6 Å². The molecule has 70 valence electrons. The van der Waals surface area contributed by atoms with E-state index in [1.165, 1.54) is 12.4 Å². The summed E-state index contributed by atoms with van der Waals surface area (Å²) < 4.78 is 0. The lowest BCUT2D eigenvalue weighted by Gasteiger charge is -1.98. The Kier molecular flexibility index (Phi) is 3.02. The Balaban J connectivity index is 2.30. The zero-order chi connectivity index (χ0) is 9.68. The van der Waals surface area contributed by atoms with Crippen molar-refractivity contribution in [3.63, 3.8) is 0 Å². The van der Waals surface area contributed by atoms with E-state index in [0.29, 0.717) is 5.69 Å². The van der Waals surface area contributed by atoms with Crippen LogP contribution < -0.4 is 5.32 Å². The van der Waals surface area contributed by atoms with E-state index >= 15 is 0 Å². The van der Waals surface area contributed by atoms with E-state index in [1.807, 2.05) is 0 Å². The first-order valence-electron chi connectivity index (χ1n) is 3.69. The molecule has 1 aromatic rings. The van der Waals surface area contributed by atoms with Crippen LogP contribution in [0.5, 0.6) is 0 Å². The van der Waals surface area contributed by atoms with Crippen molar-refractivity contribution in [3.05, 3.63) is 12.4 Å². The number of H-pyrrole nitrogens is 1. The summed E-state index contributed by atoms with van der Waals surface area (Å²) in [5, 5.41) is 16.9. The number of carbonyl (C=O) groups is 2. The Labute approximate surface area is 74.0 Å². The molecule has 0 spiro atoms. The molecule has 0 bridgehead atoms.